The summed E-state index contributed by atoms with van der Waals surface area (Å²) < 4.78 is 4.52. The molecular formula is C9H10ClNO2. The van der Waals surface area contributed by atoms with E-state index < -0.39 is 0 Å². The monoisotopic (exact) mass is 199 g/mol. The molecule has 0 saturated carbocycles. The van der Waals surface area contributed by atoms with Crippen molar-refractivity contribution >= 4 is 17.6 Å². The summed E-state index contributed by atoms with van der Waals surface area (Å²) in [5, 5.41) is 0.466. The fraction of sp³-hybridized carbons (Fsp3) is 0.333. The Morgan fingerprint density at radius 2 is 2.38 bits per heavy atom. The van der Waals surface area contributed by atoms with Crippen molar-refractivity contribution in [2.24, 2.45) is 0 Å². The van der Waals surface area contributed by atoms with Crippen LogP contribution in [-0.4, -0.2) is 18.1 Å². The van der Waals surface area contributed by atoms with Crippen LogP contribution in [0.5, 0.6) is 0 Å². The first-order valence-electron chi connectivity index (χ1n) is 3.81. The third-order valence-corrected chi connectivity index (χ3v) is 2.04. The zero-order chi connectivity index (χ0) is 9.84. The largest absolute Gasteiger partial charge is 0.469 e. The number of methoxy groups -OCH3 is 1. The predicted octanol–water partition coefficient (Wildman–Crippen LogP) is 1.76. The van der Waals surface area contributed by atoms with E-state index in [0.717, 1.165) is 11.1 Å². The molecule has 0 bridgehead atoms. The second-order valence-corrected chi connectivity index (χ2v) is 3.06. The zero-order valence-corrected chi connectivity index (χ0v) is 8.26. The molecule has 1 heterocycles. The minimum atomic E-state index is -0.275. The van der Waals surface area contributed by atoms with Crippen molar-refractivity contribution in [3.63, 3.8) is 0 Å². The number of rotatable bonds is 2. The first-order valence-corrected chi connectivity index (χ1v) is 4.19. The molecule has 3 nitrogen and oxygen atoms in total. The second kappa shape index (κ2) is 4.23. The highest BCUT2D eigenvalue weighted by molar-refractivity contribution is 6.30. The topological polar surface area (TPSA) is 39.2 Å². The van der Waals surface area contributed by atoms with E-state index in [4.69, 9.17) is 11.6 Å². The Hall–Kier alpha value is -1.09. The average molecular weight is 200 g/mol. The summed E-state index contributed by atoms with van der Waals surface area (Å²) in [5.74, 6) is -0.275. The standard InChI is InChI=1S/C9H10ClNO2/c1-6-3-7(4-8(12)13-2)5-11-9(6)10/h3,5H,4H2,1-2H3. The van der Waals surface area contributed by atoms with E-state index in [-0.39, 0.29) is 12.4 Å². The van der Waals surface area contributed by atoms with Gasteiger partial charge in [-0.25, -0.2) is 4.98 Å². The highest BCUT2D eigenvalue weighted by Gasteiger charge is 2.04. The van der Waals surface area contributed by atoms with Crippen molar-refractivity contribution in [1.29, 1.82) is 0 Å². The molecule has 70 valence electrons. The van der Waals surface area contributed by atoms with Crippen molar-refractivity contribution in [2.75, 3.05) is 7.11 Å². The molecule has 1 aromatic rings. The summed E-state index contributed by atoms with van der Waals surface area (Å²) in [6.45, 7) is 1.84. The number of hydrogen-bond acceptors (Lipinski definition) is 3. The maximum Gasteiger partial charge on any atom is 0.310 e. The zero-order valence-electron chi connectivity index (χ0n) is 7.50. The summed E-state index contributed by atoms with van der Waals surface area (Å²) >= 11 is 5.72. The fourth-order valence-corrected chi connectivity index (χ4v) is 1.06. The first-order chi connectivity index (χ1) is 6.13. The summed E-state index contributed by atoms with van der Waals surface area (Å²) in [6.07, 6.45) is 1.81. The molecule has 0 aromatic carbocycles. The predicted molar refractivity (Wildman–Crippen MR) is 49.7 cm³/mol. The maximum atomic E-state index is 10.9. The van der Waals surface area contributed by atoms with E-state index in [1.165, 1.54) is 7.11 Å². The number of pyridine rings is 1. The second-order valence-electron chi connectivity index (χ2n) is 2.70. The smallest absolute Gasteiger partial charge is 0.310 e. The lowest BCUT2D eigenvalue weighted by atomic mass is 10.2. The molecule has 0 saturated heterocycles. The van der Waals surface area contributed by atoms with Gasteiger partial charge in [0.15, 0.2) is 0 Å². The van der Waals surface area contributed by atoms with Gasteiger partial charge in [-0.1, -0.05) is 17.7 Å². The van der Waals surface area contributed by atoms with Gasteiger partial charge in [0, 0.05) is 6.20 Å². The number of halogens is 1. The Morgan fingerprint density at radius 3 is 2.92 bits per heavy atom. The van der Waals surface area contributed by atoms with Crippen LogP contribution in [0.1, 0.15) is 11.1 Å². The third-order valence-electron chi connectivity index (χ3n) is 1.65. The van der Waals surface area contributed by atoms with Gasteiger partial charge >= 0.3 is 5.97 Å². The minimum absolute atomic E-state index is 0.238. The van der Waals surface area contributed by atoms with Gasteiger partial charge < -0.3 is 4.74 Å². The van der Waals surface area contributed by atoms with E-state index >= 15 is 0 Å². The van der Waals surface area contributed by atoms with Crippen LogP contribution in [0.25, 0.3) is 0 Å². The normalized spacial score (nSPS) is 9.77. The highest BCUT2D eigenvalue weighted by Crippen LogP contribution is 2.13. The number of hydrogen-bond donors (Lipinski definition) is 0. The summed E-state index contributed by atoms with van der Waals surface area (Å²) in [7, 11) is 1.36. The molecule has 0 radical (unpaired) electrons. The third kappa shape index (κ3) is 2.70. The van der Waals surface area contributed by atoms with E-state index in [1.54, 1.807) is 6.20 Å². The van der Waals surface area contributed by atoms with Crippen LogP contribution in [0.4, 0.5) is 0 Å². The van der Waals surface area contributed by atoms with Gasteiger partial charge in [0.1, 0.15) is 5.15 Å². The highest BCUT2D eigenvalue weighted by atomic mass is 35.5. The van der Waals surface area contributed by atoms with Crippen molar-refractivity contribution in [3.05, 3.63) is 28.5 Å². The molecule has 4 heteroatoms. The van der Waals surface area contributed by atoms with Gasteiger partial charge in [-0.2, -0.15) is 0 Å². The Morgan fingerprint density at radius 1 is 1.69 bits per heavy atom. The van der Waals surface area contributed by atoms with Crippen molar-refractivity contribution < 1.29 is 9.53 Å². The van der Waals surface area contributed by atoms with E-state index in [2.05, 4.69) is 9.72 Å². The van der Waals surface area contributed by atoms with Gasteiger partial charge in [-0.05, 0) is 18.1 Å². The van der Waals surface area contributed by atoms with Crippen molar-refractivity contribution in [2.45, 2.75) is 13.3 Å². The number of carbonyl (C=O) groups excluding carboxylic acids is 1. The lowest BCUT2D eigenvalue weighted by molar-refractivity contribution is -0.139. The Kier molecular flexibility index (Phi) is 3.25. The lowest BCUT2D eigenvalue weighted by Gasteiger charge is -2.01. The van der Waals surface area contributed by atoms with Crippen molar-refractivity contribution in [1.82, 2.24) is 4.98 Å². The van der Waals surface area contributed by atoms with Gasteiger partial charge in [-0.15, -0.1) is 0 Å². The van der Waals surface area contributed by atoms with Crippen LogP contribution in [0.2, 0.25) is 5.15 Å². The number of carbonyl (C=O) groups is 1. The molecule has 1 aromatic heterocycles. The fourth-order valence-electron chi connectivity index (χ4n) is 0.952. The van der Waals surface area contributed by atoms with E-state index in [1.807, 2.05) is 13.0 Å². The lowest BCUT2D eigenvalue weighted by Crippen LogP contribution is -2.05. The number of ether oxygens (including phenoxy) is 1. The molecule has 0 aliphatic heterocycles. The molecule has 0 spiro atoms. The van der Waals surface area contributed by atoms with E-state index in [0.29, 0.717) is 5.15 Å². The molecule has 0 aliphatic carbocycles. The summed E-state index contributed by atoms with van der Waals surface area (Å²) in [4.78, 5) is 14.8. The van der Waals surface area contributed by atoms with Crippen LogP contribution in [0.3, 0.4) is 0 Å². The first kappa shape index (κ1) is 9.99. The van der Waals surface area contributed by atoms with Crippen LogP contribution >= 0.6 is 11.6 Å². The van der Waals surface area contributed by atoms with E-state index in [9.17, 15) is 4.79 Å². The SMILES string of the molecule is COC(=O)Cc1cnc(Cl)c(C)c1. The molecule has 0 N–H and O–H groups in total. The molecule has 0 aliphatic rings. The number of aryl methyl sites for hydroxylation is 1. The van der Waals surface area contributed by atoms with Gasteiger partial charge in [0.25, 0.3) is 0 Å². The molecule has 13 heavy (non-hydrogen) atoms. The van der Waals surface area contributed by atoms with Crippen LogP contribution in [0.15, 0.2) is 12.3 Å². The molecule has 0 fully saturated rings. The van der Waals surface area contributed by atoms with Crippen LogP contribution in [-0.2, 0) is 16.0 Å². The molecular weight excluding hydrogens is 190 g/mol. The van der Waals surface area contributed by atoms with Crippen molar-refractivity contribution in [3.8, 4) is 0 Å². The maximum absolute atomic E-state index is 10.9. The minimum Gasteiger partial charge on any atom is -0.469 e. The average Bonchev–Trinajstić information content (AvgIpc) is 2.11. The number of aromatic nitrogens is 1. The number of nitrogens with zero attached hydrogens (tertiary/aromatic N) is 1. The Labute approximate surface area is 81.7 Å². The molecule has 0 atom stereocenters. The van der Waals surface area contributed by atoms with Crippen LogP contribution in [0, 0.1) is 6.92 Å². The van der Waals surface area contributed by atoms with Gasteiger partial charge in [-0.3, -0.25) is 4.79 Å². The molecule has 0 amide bonds. The summed E-state index contributed by atoms with van der Waals surface area (Å²) in [5.41, 5.74) is 1.68. The Bertz CT molecular complexity index is 325. The van der Waals surface area contributed by atoms with Gasteiger partial charge in [0.2, 0.25) is 0 Å². The van der Waals surface area contributed by atoms with Gasteiger partial charge in [0.05, 0.1) is 13.5 Å². The molecule has 0 unspecified atom stereocenters. The quantitative estimate of drug-likeness (QED) is 0.538. The molecule has 1 rings (SSSR count). The van der Waals surface area contributed by atoms with Crippen LogP contribution < -0.4 is 0 Å². The number of esters is 1. The summed E-state index contributed by atoms with van der Waals surface area (Å²) in [6, 6.07) is 1.83. The Balaban J connectivity index is 2.79.